The van der Waals surface area contributed by atoms with Crippen molar-refractivity contribution in [2.75, 3.05) is 5.32 Å². The molecule has 0 fully saturated rings. The van der Waals surface area contributed by atoms with Crippen molar-refractivity contribution in [1.29, 1.82) is 0 Å². The zero-order valence-electron chi connectivity index (χ0n) is 12.7. The molecule has 0 bridgehead atoms. The van der Waals surface area contributed by atoms with E-state index in [1.54, 1.807) is 6.92 Å². The molecular formula is C13H21Cl3N4. The number of nitrogens with one attached hydrogen (secondary N) is 1. The lowest BCUT2D eigenvalue weighted by Gasteiger charge is -2.33. The molecule has 1 rings (SSSR count). The number of halogens is 3. The van der Waals surface area contributed by atoms with Gasteiger partial charge in [-0.05, 0) is 32.6 Å². The fourth-order valence-corrected chi connectivity index (χ4v) is 2.59. The summed E-state index contributed by atoms with van der Waals surface area (Å²) in [5.74, 6) is 1.06. The van der Waals surface area contributed by atoms with Crippen molar-refractivity contribution in [2.24, 2.45) is 5.41 Å². The molecule has 0 atom stereocenters. The van der Waals surface area contributed by atoms with Crippen LogP contribution in [0.1, 0.15) is 52.7 Å². The summed E-state index contributed by atoms with van der Waals surface area (Å²) in [6.45, 7) is 12.5. The zero-order valence-corrected chi connectivity index (χ0v) is 15.0. The van der Waals surface area contributed by atoms with Gasteiger partial charge in [-0.1, -0.05) is 55.6 Å². The molecule has 0 radical (unpaired) electrons. The van der Waals surface area contributed by atoms with Gasteiger partial charge < -0.3 is 5.32 Å². The third kappa shape index (κ3) is 5.98. The Morgan fingerprint density at radius 1 is 0.950 bits per heavy atom. The highest BCUT2D eigenvalue weighted by Gasteiger charge is 2.30. The summed E-state index contributed by atoms with van der Waals surface area (Å²) >= 11 is 17.5. The van der Waals surface area contributed by atoms with E-state index >= 15 is 0 Å². The Balaban J connectivity index is 3.01. The SMILES string of the molecule is Cc1nc(NC(C)(C)CC(C)(C)C)nc(C(Cl)(Cl)Cl)n1. The Morgan fingerprint density at radius 3 is 1.95 bits per heavy atom. The monoisotopic (exact) mass is 338 g/mol. The van der Waals surface area contributed by atoms with Crippen LogP contribution in [0.5, 0.6) is 0 Å². The van der Waals surface area contributed by atoms with E-state index in [0.29, 0.717) is 11.8 Å². The van der Waals surface area contributed by atoms with Crippen molar-refractivity contribution in [3.05, 3.63) is 11.6 Å². The van der Waals surface area contributed by atoms with Gasteiger partial charge in [0.15, 0.2) is 5.82 Å². The van der Waals surface area contributed by atoms with E-state index < -0.39 is 3.79 Å². The van der Waals surface area contributed by atoms with Gasteiger partial charge in [0, 0.05) is 5.54 Å². The first kappa shape index (κ1) is 17.7. The lowest BCUT2D eigenvalue weighted by molar-refractivity contribution is 0.301. The third-order valence-electron chi connectivity index (χ3n) is 2.42. The molecule has 114 valence electrons. The summed E-state index contributed by atoms with van der Waals surface area (Å²) < 4.78 is -1.65. The highest BCUT2D eigenvalue weighted by Crippen LogP contribution is 2.36. The smallest absolute Gasteiger partial charge is 0.250 e. The van der Waals surface area contributed by atoms with E-state index in [2.05, 4.69) is 54.9 Å². The summed E-state index contributed by atoms with van der Waals surface area (Å²) in [6.07, 6.45) is 0.938. The Hall–Kier alpha value is -0.320. The maximum atomic E-state index is 5.83. The van der Waals surface area contributed by atoms with E-state index in [0.717, 1.165) is 6.42 Å². The normalized spacial score (nSPS) is 13.4. The van der Waals surface area contributed by atoms with Gasteiger partial charge in [0.25, 0.3) is 0 Å². The summed E-state index contributed by atoms with van der Waals surface area (Å²) in [4.78, 5) is 12.5. The maximum absolute atomic E-state index is 5.83. The van der Waals surface area contributed by atoms with Crippen LogP contribution in [0.2, 0.25) is 0 Å². The number of anilines is 1. The van der Waals surface area contributed by atoms with E-state index in [1.807, 2.05) is 0 Å². The van der Waals surface area contributed by atoms with Crippen molar-refractivity contribution in [1.82, 2.24) is 15.0 Å². The summed E-state index contributed by atoms with van der Waals surface area (Å²) in [7, 11) is 0. The van der Waals surface area contributed by atoms with E-state index in [-0.39, 0.29) is 16.8 Å². The molecule has 4 nitrogen and oxygen atoms in total. The van der Waals surface area contributed by atoms with Gasteiger partial charge in [0.2, 0.25) is 9.74 Å². The van der Waals surface area contributed by atoms with Crippen molar-refractivity contribution < 1.29 is 0 Å². The van der Waals surface area contributed by atoms with Crippen LogP contribution in [0, 0.1) is 12.3 Å². The van der Waals surface area contributed by atoms with Crippen LogP contribution >= 0.6 is 34.8 Å². The second-order valence-electron chi connectivity index (χ2n) is 6.77. The Morgan fingerprint density at radius 2 is 1.50 bits per heavy atom. The van der Waals surface area contributed by atoms with Gasteiger partial charge in [-0.2, -0.15) is 9.97 Å². The molecule has 0 aliphatic heterocycles. The summed E-state index contributed by atoms with van der Waals surface area (Å²) in [5, 5.41) is 3.29. The van der Waals surface area contributed by atoms with Crippen LogP contribution in [0.3, 0.4) is 0 Å². The molecule has 0 aliphatic carbocycles. The molecule has 0 saturated heterocycles. The predicted octanol–water partition coefficient (Wildman–Crippen LogP) is 4.63. The summed E-state index contributed by atoms with van der Waals surface area (Å²) in [6, 6.07) is 0. The highest BCUT2D eigenvalue weighted by molar-refractivity contribution is 6.66. The van der Waals surface area contributed by atoms with Crippen LogP contribution in [0.15, 0.2) is 0 Å². The fourth-order valence-electron chi connectivity index (χ4n) is 2.34. The van der Waals surface area contributed by atoms with E-state index in [4.69, 9.17) is 34.8 Å². The number of alkyl halides is 3. The van der Waals surface area contributed by atoms with Crippen LogP contribution in [0.25, 0.3) is 0 Å². The lowest BCUT2D eigenvalue weighted by Crippen LogP contribution is -2.36. The van der Waals surface area contributed by atoms with Crippen LogP contribution in [0.4, 0.5) is 5.95 Å². The van der Waals surface area contributed by atoms with Crippen LogP contribution in [-0.4, -0.2) is 20.5 Å². The fraction of sp³-hybridized carbons (Fsp3) is 0.769. The lowest BCUT2D eigenvalue weighted by atomic mass is 9.82. The summed E-state index contributed by atoms with van der Waals surface area (Å²) in [5.41, 5.74) is -0.00642. The minimum Gasteiger partial charge on any atom is -0.349 e. The maximum Gasteiger partial charge on any atom is 0.250 e. The zero-order chi connectivity index (χ0) is 15.8. The molecule has 0 aliphatic rings. The quantitative estimate of drug-likeness (QED) is 0.815. The molecule has 0 amide bonds. The Labute approximate surface area is 135 Å². The molecule has 7 heteroatoms. The van der Waals surface area contributed by atoms with Gasteiger partial charge >= 0.3 is 0 Å². The largest absolute Gasteiger partial charge is 0.349 e. The van der Waals surface area contributed by atoms with Crippen molar-refractivity contribution in [2.45, 2.75) is 57.3 Å². The number of aryl methyl sites for hydroxylation is 1. The Kier molecular flexibility index (Phi) is 5.16. The number of aromatic nitrogens is 3. The molecule has 1 heterocycles. The second-order valence-corrected chi connectivity index (χ2v) is 9.06. The van der Waals surface area contributed by atoms with Gasteiger partial charge in [-0.3, -0.25) is 0 Å². The molecular weight excluding hydrogens is 319 g/mol. The Bertz CT molecular complexity index is 475. The number of nitrogens with zero attached hydrogens (tertiary/aromatic N) is 3. The number of rotatable bonds is 3. The molecule has 1 aromatic rings. The molecule has 20 heavy (non-hydrogen) atoms. The predicted molar refractivity (Wildman–Crippen MR) is 85.6 cm³/mol. The molecule has 1 aromatic heterocycles. The number of hydrogen-bond donors (Lipinski definition) is 1. The van der Waals surface area contributed by atoms with Crippen molar-refractivity contribution >= 4 is 40.8 Å². The van der Waals surface area contributed by atoms with E-state index in [1.165, 1.54) is 0 Å². The van der Waals surface area contributed by atoms with Gasteiger partial charge in [0.1, 0.15) is 5.82 Å². The first-order valence-electron chi connectivity index (χ1n) is 6.37. The average Bonchev–Trinajstić information content (AvgIpc) is 2.09. The minimum atomic E-state index is -1.65. The third-order valence-corrected chi connectivity index (χ3v) is 2.93. The second kappa shape index (κ2) is 5.82. The van der Waals surface area contributed by atoms with Crippen LogP contribution in [-0.2, 0) is 3.79 Å². The molecule has 0 aromatic carbocycles. The number of hydrogen-bond acceptors (Lipinski definition) is 4. The van der Waals surface area contributed by atoms with Gasteiger partial charge in [0.05, 0.1) is 0 Å². The molecule has 0 saturated carbocycles. The highest BCUT2D eigenvalue weighted by atomic mass is 35.6. The van der Waals surface area contributed by atoms with Gasteiger partial charge in [-0.15, -0.1) is 0 Å². The minimum absolute atomic E-state index is 0.129. The standard InChI is InChI=1S/C13H21Cl3N4/c1-8-17-9(13(14,15)16)19-10(18-8)20-12(5,6)7-11(2,3)4/h7H2,1-6H3,(H,17,18,19,20). The first-order valence-corrected chi connectivity index (χ1v) is 7.50. The first-order chi connectivity index (χ1) is 8.78. The topological polar surface area (TPSA) is 50.7 Å². The van der Waals surface area contributed by atoms with Gasteiger partial charge in [-0.25, -0.2) is 4.98 Å². The molecule has 0 spiro atoms. The molecule has 1 N–H and O–H groups in total. The molecule has 0 unspecified atom stereocenters. The van der Waals surface area contributed by atoms with Crippen molar-refractivity contribution in [3.63, 3.8) is 0 Å². The average molecular weight is 340 g/mol. The van der Waals surface area contributed by atoms with Crippen molar-refractivity contribution in [3.8, 4) is 0 Å². The van der Waals surface area contributed by atoms with Crippen LogP contribution < -0.4 is 5.32 Å². The van der Waals surface area contributed by atoms with E-state index in [9.17, 15) is 0 Å².